The standard InChI is InChI=1S/C6BrCl3F2/c7-1-2(8)3(9)4(10)6(12)5(1)11. The molecule has 0 nitrogen and oxygen atoms in total. The highest BCUT2D eigenvalue weighted by molar-refractivity contribution is 9.10. The molecule has 0 heterocycles. The predicted molar refractivity (Wildman–Crippen MR) is 49.1 cm³/mol. The van der Waals surface area contributed by atoms with Gasteiger partial charge in [0.1, 0.15) is 0 Å². The van der Waals surface area contributed by atoms with Gasteiger partial charge in [0.25, 0.3) is 0 Å². The Kier molecular flexibility index (Phi) is 3.21. The van der Waals surface area contributed by atoms with Crippen molar-refractivity contribution >= 4 is 50.7 Å². The van der Waals surface area contributed by atoms with Crippen LogP contribution in [0.2, 0.25) is 15.1 Å². The fourth-order valence-corrected chi connectivity index (χ4v) is 1.65. The summed E-state index contributed by atoms with van der Waals surface area (Å²) in [6.45, 7) is 0. The monoisotopic (exact) mass is 294 g/mol. The predicted octanol–water partition coefficient (Wildman–Crippen LogP) is 4.69. The summed E-state index contributed by atoms with van der Waals surface area (Å²) in [4.78, 5) is 0. The lowest BCUT2D eigenvalue weighted by Crippen LogP contribution is -1.89. The minimum Gasteiger partial charge on any atom is -0.202 e. The summed E-state index contributed by atoms with van der Waals surface area (Å²) in [6.07, 6.45) is 0. The Bertz CT molecular complexity index is 235. The van der Waals surface area contributed by atoms with Crippen LogP contribution in [0.25, 0.3) is 0 Å². The third kappa shape index (κ3) is 1.55. The van der Waals surface area contributed by atoms with Gasteiger partial charge in [-0.25, -0.2) is 8.78 Å². The van der Waals surface area contributed by atoms with Crippen LogP contribution in [0.3, 0.4) is 0 Å². The quantitative estimate of drug-likeness (QED) is 0.481. The molecule has 0 spiro atoms. The summed E-state index contributed by atoms with van der Waals surface area (Å²) in [5.74, 6) is -2.35. The van der Waals surface area contributed by atoms with Gasteiger partial charge in [0, 0.05) is 0 Å². The van der Waals surface area contributed by atoms with Crippen molar-refractivity contribution < 1.29 is 8.78 Å². The SMILES string of the molecule is Fc1c(F)c(Br)c(Cl)c(Cl)c1Cl. The summed E-state index contributed by atoms with van der Waals surface area (Å²) >= 11 is 19.0. The molecule has 0 unspecified atom stereocenters. The maximum absolute atomic E-state index is 12.8. The minimum atomic E-state index is -1.21. The highest BCUT2D eigenvalue weighted by atomic mass is 79.9. The van der Waals surface area contributed by atoms with E-state index in [4.69, 9.17) is 34.8 Å². The van der Waals surface area contributed by atoms with Crippen molar-refractivity contribution in [3.63, 3.8) is 0 Å². The van der Waals surface area contributed by atoms with Crippen molar-refractivity contribution in [3.8, 4) is 0 Å². The van der Waals surface area contributed by atoms with E-state index in [1.54, 1.807) is 0 Å². The average molecular weight is 296 g/mol. The molecule has 0 aliphatic rings. The smallest absolute Gasteiger partial charge is 0.180 e. The minimum absolute atomic E-state index is 0.138. The molecular formula is C6BrCl3F2. The van der Waals surface area contributed by atoms with Gasteiger partial charge in [-0.2, -0.15) is 0 Å². The molecule has 66 valence electrons. The summed E-state index contributed by atoms with van der Waals surface area (Å²) in [5, 5.41) is -0.855. The largest absolute Gasteiger partial charge is 0.202 e. The van der Waals surface area contributed by atoms with Crippen molar-refractivity contribution in [2.45, 2.75) is 0 Å². The molecule has 12 heavy (non-hydrogen) atoms. The number of benzene rings is 1. The fraction of sp³-hybridized carbons (Fsp3) is 0. The first-order valence-corrected chi connectivity index (χ1v) is 4.56. The lowest BCUT2D eigenvalue weighted by atomic mass is 10.3. The Labute approximate surface area is 90.5 Å². The topological polar surface area (TPSA) is 0 Å². The van der Waals surface area contributed by atoms with Crippen LogP contribution in [0.5, 0.6) is 0 Å². The summed E-state index contributed by atoms with van der Waals surface area (Å²) in [7, 11) is 0. The van der Waals surface area contributed by atoms with E-state index in [-0.39, 0.29) is 14.5 Å². The average Bonchev–Trinajstić information content (AvgIpc) is 2.08. The van der Waals surface area contributed by atoms with Crippen molar-refractivity contribution in [2.75, 3.05) is 0 Å². The van der Waals surface area contributed by atoms with E-state index in [1.807, 2.05) is 0 Å². The van der Waals surface area contributed by atoms with Gasteiger partial charge in [-0.15, -0.1) is 0 Å². The first-order valence-electron chi connectivity index (χ1n) is 2.63. The lowest BCUT2D eigenvalue weighted by Gasteiger charge is -2.04. The third-order valence-electron chi connectivity index (χ3n) is 1.16. The van der Waals surface area contributed by atoms with Gasteiger partial charge in [-0.1, -0.05) is 34.8 Å². The highest BCUT2D eigenvalue weighted by Crippen LogP contribution is 2.39. The molecule has 0 aromatic heterocycles. The van der Waals surface area contributed by atoms with E-state index in [9.17, 15) is 8.78 Å². The van der Waals surface area contributed by atoms with Crippen LogP contribution in [0, 0.1) is 11.6 Å². The fourth-order valence-electron chi connectivity index (χ4n) is 0.578. The molecule has 0 N–H and O–H groups in total. The van der Waals surface area contributed by atoms with Crippen molar-refractivity contribution in [3.05, 3.63) is 31.2 Å². The number of rotatable bonds is 0. The molecule has 0 saturated carbocycles. The second-order valence-corrected chi connectivity index (χ2v) is 3.81. The Morgan fingerprint density at radius 1 is 0.833 bits per heavy atom. The molecule has 0 aliphatic heterocycles. The van der Waals surface area contributed by atoms with E-state index >= 15 is 0 Å². The Hall–Kier alpha value is 0.430. The zero-order chi connectivity index (χ0) is 9.46. The van der Waals surface area contributed by atoms with Crippen LogP contribution in [-0.2, 0) is 0 Å². The van der Waals surface area contributed by atoms with Crippen LogP contribution in [-0.4, -0.2) is 0 Å². The van der Waals surface area contributed by atoms with Gasteiger partial charge in [0.05, 0.1) is 19.5 Å². The first-order chi connectivity index (χ1) is 5.46. The Morgan fingerprint density at radius 3 is 1.83 bits per heavy atom. The van der Waals surface area contributed by atoms with Crippen molar-refractivity contribution in [1.29, 1.82) is 0 Å². The summed E-state index contributed by atoms with van der Waals surface area (Å²) in [6, 6.07) is 0. The maximum atomic E-state index is 12.8. The van der Waals surface area contributed by atoms with E-state index in [0.29, 0.717) is 0 Å². The molecule has 6 heteroatoms. The van der Waals surface area contributed by atoms with Gasteiger partial charge < -0.3 is 0 Å². The van der Waals surface area contributed by atoms with Gasteiger partial charge in [0.15, 0.2) is 11.6 Å². The number of halogens is 6. The van der Waals surface area contributed by atoms with Crippen LogP contribution in [0.1, 0.15) is 0 Å². The Morgan fingerprint density at radius 2 is 1.33 bits per heavy atom. The number of hydrogen-bond acceptors (Lipinski definition) is 0. The first kappa shape index (κ1) is 10.5. The lowest BCUT2D eigenvalue weighted by molar-refractivity contribution is 0.505. The Balaban J connectivity index is 3.60. The molecule has 0 saturated heterocycles. The van der Waals surface area contributed by atoms with Gasteiger partial charge in [0.2, 0.25) is 0 Å². The third-order valence-corrected chi connectivity index (χ3v) is 3.43. The second-order valence-electron chi connectivity index (χ2n) is 1.88. The van der Waals surface area contributed by atoms with Gasteiger partial charge in [-0.05, 0) is 15.9 Å². The van der Waals surface area contributed by atoms with Crippen LogP contribution in [0.4, 0.5) is 8.78 Å². The summed E-state index contributed by atoms with van der Waals surface area (Å²) < 4.78 is 25.3. The molecular weight excluding hydrogens is 296 g/mol. The molecule has 0 atom stereocenters. The molecule has 0 bridgehead atoms. The van der Waals surface area contributed by atoms with Crippen molar-refractivity contribution in [2.24, 2.45) is 0 Å². The molecule has 0 aliphatic carbocycles. The van der Waals surface area contributed by atoms with Crippen LogP contribution < -0.4 is 0 Å². The molecule has 1 aromatic carbocycles. The van der Waals surface area contributed by atoms with Crippen LogP contribution >= 0.6 is 50.7 Å². The number of hydrogen-bond donors (Lipinski definition) is 0. The maximum Gasteiger partial charge on any atom is 0.180 e. The van der Waals surface area contributed by atoms with E-state index < -0.39 is 16.7 Å². The van der Waals surface area contributed by atoms with E-state index in [1.165, 1.54) is 0 Å². The molecule has 1 aromatic rings. The molecule has 0 radical (unpaired) electrons. The van der Waals surface area contributed by atoms with Gasteiger partial charge in [-0.3, -0.25) is 0 Å². The van der Waals surface area contributed by atoms with Gasteiger partial charge >= 0.3 is 0 Å². The zero-order valence-corrected chi connectivity index (χ0v) is 9.12. The highest BCUT2D eigenvalue weighted by Gasteiger charge is 2.19. The van der Waals surface area contributed by atoms with E-state index in [2.05, 4.69) is 15.9 Å². The zero-order valence-electron chi connectivity index (χ0n) is 5.27. The van der Waals surface area contributed by atoms with Crippen LogP contribution in [0.15, 0.2) is 4.47 Å². The normalized spacial score (nSPS) is 10.5. The molecule has 0 amide bonds. The molecule has 0 fully saturated rings. The van der Waals surface area contributed by atoms with Crippen molar-refractivity contribution in [1.82, 2.24) is 0 Å². The van der Waals surface area contributed by atoms with E-state index in [0.717, 1.165) is 0 Å². The molecule has 1 rings (SSSR count). The second kappa shape index (κ2) is 3.66. The summed E-state index contributed by atoms with van der Waals surface area (Å²) in [5.41, 5.74) is 0.